The highest BCUT2D eigenvalue weighted by molar-refractivity contribution is 6.06. The Bertz CT molecular complexity index is 1300. The molecule has 5 aromatic carbocycles. The number of rotatable bonds is 4. The van der Waals surface area contributed by atoms with Gasteiger partial charge in [0.25, 0.3) is 0 Å². The van der Waals surface area contributed by atoms with Gasteiger partial charge in [0.2, 0.25) is 0 Å². The molecule has 0 saturated heterocycles. The highest BCUT2D eigenvalue weighted by Gasteiger charge is 2.13. The minimum Gasteiger partial charge on any atom is -0.0911 e. The summed E-state index contributed by atoms with van der Waals surface area (Å²) in [4.78, 5) is 0. The number of hydrogen-bond donors (Lipinski definition) is 0. The lowest BCUT2D eigenvalue weighted by Crippen LogP contribution is -1.93. The molecule has 0 saturated carbocycles. The van der Waals surface area contributed by atoms with Crippen LogP contribution in [0.15, 0.2) is 128 Å². The predicted octanol–water partition coefficient (Wildman–Crippen LogP) is 8.14. The number of benzene rings is 5. The zero-order valence-electron chi connectivity index (χ0n) is 16.8. The molecule has 30 heavy (non-hydrogen) atoms. The van der Waals surface area contributed by atoms with Crippen molar-refractivity contribution in [3.05, 3.63) is 145 Å². The van der Waals surface area contributed by atoms with Crippen molar-refractivity contribution in [2.75, 3.05) is 0 Å². The Kier molecular flexibility index (Phi) is 4.75. The SMILES string of the molecule is C=C(C=C(c1cccc2ccccc12)c1cccc2ccccc12)c1ccccc1. The van der Waals surface area contributed by atoms with Gasteiger partial charge in [-0.2, -0.15) is 0 Å². The van der Waals surface area contributed by atoms with Gasteiger partial charge in [-0.15, -0.1) is 0 Å². The van der Waals surface area contributed by atoms with E-state index < -0.39 is 0 Å². The third-order valence-corrected chi connectivity index (χ3v) is 5.62. The van der Waals surface area contributed by atoms with Gasteiger partial charge in [-0.1, -0.05) is 122 Å². The van der Waals surface area contributed by atoms with Gasteiger partial charge in [0, 0.05) is 0 Å². The van der Waals surface area contributed by atoms with Crippen molar-refractivity contribution >= 4 is 32.7 Å². The van der Waals surface area contributed by atoms with Gasteiger partial charge >= 0.3 is 0 Å². The molecule has 0 N–H and O–H groups in total. The Morgan fingerprint density at radius 1 is 0.500 bits per heavy atom. The first-order valence-corrected chi connectivity index (χ1v) is 10.2. The molecule has 0 aliphatic rings. The van der Waals surface area contributed by atoms with Crippen LogP contribution >= 0.6 is 0 Å². The molecule has 0 atom stereocenters. The molecule has 0 aromatic heterocycles. The van der Waals surface area contributed by atoms with Gasteiger partial charge in [0.15, 0.2) is 0 Å². The Hall–Kier alpha value is -3.90. The second-order valence-electron chi connectivity index (χ2n) is 7.50. The minimum absolute atomic E-state index is 1.01. The first-order chi connectivity index (χ1) is 14.8. The lowest BCUT2D eigenvalue weighted by Gasteiger charge is -2.15. The molecule has 0 nitrogen and oxygen atoms in total. The highest BCUT2D eigenvalue weighted by atomic mass is 14.2. The third-order valence-electron chi connectivity index (χ3n) is 5.62. The Balaban J connectivity index is 1.80. The van der Waals surface area contributed by atoms with Crippen molar-refractivity contribution in [2.45, 2.75) is 0 Å². The van der Waals surface area contributed by atoms with Crippen LogP contribution in [0, 0.1) is 0 Å². The predicted molar refractivity (Wildman–Crippen MR) is 130 cm³/mol. The van der Waals surface area contributed by atoms with Crippen molar-refractivity contribution < 1.29 is 0 Å². The molecule has 0 heterocycles. The van der Waals surface area contributed by atoms with Gasteiger partial charge in [-0.25, -0.2) is 0 Å². The molecule has 0 bridgehead atoms. The zero-order valence-corrected chi connectivity index (χ0v) is 16.8. The van der Waals surface area contributed by atoms with Crippen molar-refractivity contribution in [1.82, 2.24) is 0 Å². The van der Waals surface area contributed by atoms with Gasteiger partial charge in [-0.3, -0.25) is 0 Å². The number of allylic oxidation sites excluding steroid dienone is 2. The fraction of sp³-hybridized carbons (Fsp3) is 0. The minimum atomic E-state index is 1.01. The molecular formula is C30H22. The molecule has 5 aromatic rings. The van der Waals surface area contributed by atoms with Crippen molar-refractivity contribution in [3.8, 4) is 0 Å². The van der Waals surface area contributed by atoms with Crippen LogP contribution in [-0.2, 0) is 0 Å². The smallest absolute Gasteiger partial charge is 0.00930 e. The van der Waals surface area contributed by atoms with E-state index in [4.69, 9.17) is 0 Å². The van der Waals surface area contributed by atoms with Crippen LogP contribution in [0.5, 0.6) is 0 Å². The Morgan fingerprint density at radius 3 is 1.53 bits per heavy atom. The first-order valence-electron chi connectivity index (χ1n) is 10.2. The monoisotopic (exact) mass is 382 g/mol. The molecule has 0 heteroatoms. The lowest BCUT2D eigenvalue weighted by molar-refractivity contribution is 1.59. The molecule has 5 rings (SSSR count). The van der Waals surface area contributed by atoms with Crippen LogP contribution in [-0.4, -0.2) is 0 Å². The fourth-order valence-corrected chi connectivity index (χ4v) is 4.13. The molecule has 0 amide bonds. The molecule has 142 valence electrons. The van der Waals surface area contributed by atoms with Gasteiger partial charge in [0.05, 0.1) is 0 Å². The van der Waals surface area contributed by atoms with E-state index in [0.717, 1.165) is 11.1 Å². The molecule has 0 radical (unpaired) electrons. The highest BCUT2D eigenvalue weighted by Crippen LogP contribution is 2.35. The topological polar surface area (TPSA) is 0 Å². The quantitative estimate of drug-likeness (QED) is 0.275. The summed E-state index contributed by atoms with van der Waals surface area (Å²) in [5.74, 6) is 0. The van der Waals surface area contributed by atoms with Crippen LogP contribution < -0.4 is 0 Å². The molecule has 0 aliphatic heterocycles. The summed E-state index contributed by atoms with van der Waals surface area (Å²) in [6.45, 7) is 4.40. The number of hydrogen-bond acceptors (Lipinski definition) is 0. The molecule has 0 spiro atoms. The second kappa shape index (κ2) is 7.85. The molecular weight excluding hydrogens is 360 g/mol. The maximum Gasteiger partial charge on any atom is -0.00930 e. The number of fused-ring (bicyclic) bond motifs is 2. The maximum atomic E-state index is 4.40. The van der Waals surface area contributed by atoms with E-state index in [9.17, 15) is 0 Å². The summed E-state index contributed by atoms with van der Waals surface area (Å²) >= 11 is 0. The lowest BCUT2D eigenvalue weighted by atomic mass is 9.88. The van der Waals surface area contributed by atoms with Crippen molar-refractivity contribution in [1.29, 1.82) is 0 Å². The zero-order chi connectivity index (χ0) is 20.3. The van der Waals surface area contributed by atoms with Gasteiger partial charge in [0.1, 0.15) is 0 Å². The normalized spacial score (nSPS) is 10.8. The molecule has 0 unspecified atom stereocenters. The van der Waals surface area contributed by atoms with E-state index in [0.29, 0.717) is 0 Å². The summed E-state index contributed by atoms with van der Waals surface area (Å²) in [7, 11) is 0. The van der Waals surface area contributed by atoms with E-state index in [2.05, 4.69) is 122 Å². The van der Waals surface area contributed by atoms with Gasteiger partial charge in [-0.05, 0) is 55.5 Å². The summed E-state index contributed by atoms with van der Waals surface area (Å²) in [6.07, 6.45) is 2.24. The summed E-state index contributed by atoms with van der Waals surface area (Å²) in [6, 6.07) is 40.6. The van der Waals surface area contributed by atoms with Crippen molar-refractivity contribution in [2.24, 2.45) is 0 Å². The van der Waals surface area contributed by atoms with Crippen LogP contribution in [0.2, 0.25) is 0 Å². The molecule has 0 fully saturated rings. The second-order valence-corrected chi connectivity index (χ2v) is 7.50. The summed E-state index contributed by atoms with van der Waals surface area (Å²) in [5, 5.41) is 4.98. The van der Waals surface area contributed by atoms with Crippen LogP contribution in [0.1, 0.15) is 16.7 Å². The maximum absolute atomic E-state index is 4.40. The average molecular weight is 383 g/mol. The largest absolute Gasteiger partial charge is 0.0911 e. The average Bonchev–Trinajstić information content (AvgIpc) is 2.82. The van der Waals surface area contributed by atoms with E-state index >= 15 is 0 Å². The first kappa shape index (κ1) is 18.1. The van der Waals surface area contributed by atoms with Gasteiger partial charge < -0.3 is 0 Å². The van der Waals surface area contributed by atoms with Crippen LogP contribution in [0.25, 0.3) is 32.7 Å². The standard InChI is InChI=1S/C30H22/c1-22(23-11-3-2-4-12-23)21-30(28-19-9-15-24-13-5-7-17-26(24)28)29-20-10-16-25-14-6-8-18-27(25)29/h2-21H,1H2. The Morgan fingerprint density at radius 2 is 0.967 bits per heavy atom. The Labute approximate surface area is 177 Å². The van der Waals surface area contributed by atoms with E-state index in [1.54, 1.807) is 0 Å². The summed E-state index contributed by atoms with van der Waals surface area (Å²) < 4.78 is 0. The van der Waals surface area contributed by atoms with E-state index in [-0.39, 0.29) is 0 Å². The van der Waals surface area contributed by atoms with Crippen LogP contribution in [0.3, 0.4) is 0 Å². The molecule has 0 aliphatic carbocycles. The third kappa shape index (κ3) is 3.33. The van der Waals surface area contributed by atoms with E-state index in [1.807, 2.05) is 6.07 Å². The van der Waals surface area contributed by atoms with E-state index in [1.165, 1.54) is 38.2 Å². The summed E-state index contributed by atoms with van der Waals surface area (Å²) in [5.41, 5.74) is 5.78. The fourth-order valence-electron chi connectivity index (χ4n) is 4.13. The van der Waals surface area contributed by atoms with Crippen LogP contribution in [0.4, 0.5) is 0 Å². The van der Waals surface area contributed by atoms with Crippen molar-refractivity contribution in [3.63, 3.8) is 0 Å².